The van der Waals surface area contributed by atoms with Crippen molar-refractivity contribution in [1.82, 2.24) is 4.90 Å². The average molecular weight is 418 g/mol. The smallest absolute Gasteiger partial charge is 0.367 e. The summed E-state index contributed by atoms with van der Waals surface area (Å²) in [7, 11) is 0. The average Bonchev–Trinajstić information content (AvgIpc) is 2.76. The maximum absolute atomic E-state index is 12.0. The molecule has 0 aliphatic carbocycles. The monoisotopic (exact) mass is 417 g/mol. The van der Waals surface area contributed by atoms with Crippen LogP contribution in [0.3, 0.4) is 0 Å². The summed E-state index contributed by atoms with van der Waals surface area (Å²) in [6, 6.07) is 4.33. The van der Waals surface area contributed by atoms with Crippen LogP contribution in [0.1, 0.15) is 104 Å². The second kappa shape index (κ2) is 16.1. The lowest BCUT2D eigenvalue weighted by Crippen LogP contribution is -2.39. The van der Waals surface area contributed by atoms with Crippen LogP contribution in [0, 0.1) is 0 Å². The number of pyridine rings is 1. The molecule has 30 heavy (non-hydrogen) atoms. The van der Waals surface area contributed by atoms with Crippen molar-refractivity contribution in [2.45, 2.75) is 104 Å². The van der Waals surface area contributed by atoms with Crippen LogP contribution in [-0.4, -0.2) is 24.0 Å². The number of hydrogen-bond acceptors (Lipinski definition) is 3. The van der Waals surface area contributed by atoms with Crippen molar-refractivity contribution >= 4 is 5.97 Å². The molecule has 1 heterocycles. The molecule has 0 saturated heterocycles. The minimum atomic E-state index is -0.397. The van der Waals surface area contributed by atoms with E-state index in [4.69, 9.17) is 4.74 Å². The molecule has 1 atom stereocenters. The minimum Gasteiger partial charge on any atom is -0.367 e. The summed E-state index contributed by atoms with van der Waals surface area (Å²) in [6.07, 6.45) is 16.4. The highest BCUT2D eigenvalue weighted by Crippen LogP contribution is 2.26. The van der Waals surface area contributed by atoms with Crippen LogP contribution in [0.25, 0.3) is 0 Å². The fraction of sp³-hybridized carbons (Fsp3) is 0.692. The van der Waals surface area contributed by atoms with Crippen LogP contribution in [0.4, 0.5) is 0 Å². The number of esters is 1. The second-order valence-electron chi connectivity index (χ2n) is 8.17. The van der Waals surface area contributed by atoms with Crippen LogP contribution in [0.15, 0.2) is 31.0 Å². The SMILES string of the molecule is C=CC(=O)Oc1c(C(C)N(CC)CC)ccc[n+]1CCCCCCCCCCCC. The van der Waals surface area contributed by atoms with Gasteiger partial charge in [-0.3, -0.25) is 4.90 Å². The molecule has 0 amide bonds. The number of nitrogens with zero attached hydrogens (tertiary/aromatic N) is 2. The minimum absolute atomic E-state index is 0.188. The van der Waals surface area contributed by atoms with Gasteiger partial charge in [0, 0.05) is 24.6 Å². The first-order valence-electron chi connectivity index (χ1n) is 12.2. The topological polar surface area (TPSA) is 33.4 Å². The Kier molecular flexibility index (Phi) is 14.1. The molecule has 4 heteroatoms. The van der Waals surface area contributed by atoms with Crippen LogP contribution in [-0.2, 0) is 11.3 Å². The van der Waals surface area contributed by atoms with E-state index in [9.17, 15) is 4.79 Å². The van der Waals surface area contributed by atoms with Gasteiger partial charge in [0.2, 0.25) is 0 Å². The molecule has 0 spiro atoms. The number of aromatic nitrogens is 1. The van der Waals surface area contributed by atoms with Gasteiger partial charge in [0.1, 0.15) is 0 Å². The third-order valence-corrected chi connectivity index (χ3v) is 5.98. The van der Waals surface area contributed by atoms with Crippen LogP contribution >= 0.6 is 0 Å². The number of carbonyl (C=O) groups is 1. The molecule has 0 radical (unpaired) electrons. The molecule has 4 nitrogen and oxygen atoms in total. The molecular formula is C26H45N2O2+. The molecule has 1 unspecified atom stereocenters. The standard InChI is InChI=1S/C26H45N2O2/c1-6-10-11-12-13-14-15-16-17-18-21-28-22-19-20-24(23(5)27(8-3)9-4)26(28)30-25(29)7-2/h7,19-20,22-23H,2,6,8-18,21H2,1,3-5H3/q+1. The van der Waals surface area contributed by atoms with E-state index in [1.165, 1.54) is 63.9 Å². The summed E-state index contributed by atoms with van der Waals surface area (Å²) in [4.78, 5) is 14.4. The number of rotatable bonds is 17. The molecule has 0 aliphatic rings. The van der Waals surface area contributed by atoms with Crippen molar-refractivity contribution in [3.63, 3.8) is 0 Å². The third kappa shape index (κ3) is 9.42. The van der Waals surface area contributed by atoms with Crippen molar-refractivity contribution in [2.24, 2.45) is 0 Å². The van der Waals surface area contributed by atoms with E-state index in [0.29, 0.717) is 5.88 Å². The zero-order chi connectivity index (χ0) is 22.2. The van der Waals surface area contributed by atoms with Crippen molar-refractivity contribution in [2.75, 3.05) is 13.1 Å². The summed E-state index contributed by atoms with van der Waals surface area (Å²) in [5.41, 5.74) is 1.06. The molecule has 0 saturated carbocycles. The largest absolute Gasteiger partial charge is 0.380 e. The fourth-order valence-electron chi connectivity index (χ4n) is 4.04. The van der Waals surface area contributed by atoms with Gasteiger partial charge in [-0.2, -0.15) is 4.57 Å². The summed E-state index contributed by atoms with van der Waals surface area (Å²) >= 11 is 0. The van der Waals surface area contributed by atoms with Gasteiger partial charge < -0.3 is 4.74 Å². The lowest BCUT2D eigenvalue weighted by molar-refractivity contribution is -0.701. The molecular weight excluding hydrogens is 372 g/mol. The number of hydrogen-bond donors (Lipinski definition) is 0. The van der Waals surface area contributed by atoms with Crippen molar-refractivity contribution in [1.29, 1.82) is 0 Å². The Morgan fingerprint density at radius 3 is 2.13 bits per heavy atom. The maximum atomic E-state index is 12.0. The number of carbonyl (C=O) groups excluding carboxylic acids is 1. The van der Waals surface area contributed by atoms with Crippen LogP contribution < -0.4 is 9.30 Å². The van der Waals surface area contributed by atoms with Gasteiger partial charge in [0.15, 0.2) is 12.7 Å². The van der Waals surface area contributed by atoms with E-state index in [0.717, 1.165) is 31.6 Å². The third-order valence-electron chi connectivity index (χ3n) is 5.98. The summed E-state index contributed by atoms with van der Waals surface area (Å²) in [5.74, 6) is 0.267. The molecule has 1 rings (SSSR count). The molecule has 1 aromatic heterocycles. The Balaban J connectivity index is 2.64. The second-order valence-corrected chi connectivity index (χ2v) is 8.17. The van der Waals surface area contributed by atoms with Crippen molar-refractivity contribution in [3.05, 3.63) is 36.5 Å². The zero-order valence-electron chi connectivity index (χ0n) is 20.0. The van der Waals surface area contributed by atoms with Gasteiger partial charge in [-0.1, -0.05) is 78.7 Å². The van der Waals surface area contributed by atoms with E-state index in [-0.39, 0.29) is 6.04 Å². The van der Waals surface area contributed by atoms with Gasteiger partial charge in [0.05, 0.1) is 5.56 Å². The maximum Gasteiger partial charge on any atom is 0.380 e. The van der Waals surface area contributed by atoms with E-state index >= 15 is 0 Å². The molecule has 1 aromatic rings. The lowest BCUT2D eigenvalue weighted by Gasteiger charge is -2.26. The summed E-state index contributed by atoms with van der Waals surface area (Å²) in [5, 5.41) is 0. The van der Waals surface area contributed by atoms with E-state index < -0.39 is 5.97 Å². The Morgan fingerprint density at radius 2 is 1.60 bits per heavy atom. The molecule has 170 valence electrons. The first-order chi connectivity index (χ1) is 14.6. The first kappa shape index (κ1) is 26.4. The Hall–Kier alpha value is -1.68. The van der Waals surface area contributed by atoms with Gasteiger partial charge in [-0.15, -0.1) is 0 Å². The number of ether oxygens (including phenoxy) is 1. The van der Waals surface area contributed by atoms with Crippen LogP contribution in [0.5, 0.6) is 5.88 Å². The molecule has 0 N–H and O–H groups in total. The molecule has 0 aromatic carbocycles. The quantitative estimate of drug-likeness (QED) is 0.127. The number of unbranched alkanes of at least 4 members (excludes halogenated alkanes) is 9. The van der Waals surface area contributed by atoms with Crippen molar-refractivity contribution in [3.8, 4) is 5.88 Å². The molecule has 0 aliphatic heterocycles. The van der Waals surface area contributed by atoms with E-state index in [1.807, 2.05) is 6.20 Å². The normalized spacial score (nSPS) is 12.2. The molecule has 0 bridgehead atoms. The summed E-state index contributed by atoms with van der Waals surface area (Å²) in [6.45, 7) is 15.1. The Morgan fingerprint density at radius 1 is 1.03 bits per heavy atom. The zero-order valence-corrected chi connectivity index (χ0v) is 20.0. The first-order valence-corrected chi connectivity index (χ1v) is 12.2. The van der Waals surface area contributed by atoms with Gasteiger partial charge in [-0.25, -0.2) is 4.79 Å². The predicted octanol–water partition coefficient (Wildman–Crippen LogP) is 6.39. The van der Waals surface area contributed by atoms with E-state index in [2.05, 4.69) is 55.9 Å². The highest BCUT2D eigenvalue weighted by molar-refractivity contribution is 5.83. The highest BCUT2D eigenvalue weighted by Gasteiger charge is 2.26. The van der Waals surface area contributed by atoms with Gasteiger partial charge >= 0.3 is 11.8 Å². The fourth-order valence-corrected chi connectivity index (χ4v) is 4.04. The summed E-state index contributed by atoms with van der Waals surface area (Å²) < 4.78 is 7.81. The number of aryl methyl sites for hydroxylation is 1. The highest BCUT2D eigenvalue weighted by atomic mass is 16.5. The lowest BCUT2D eigenvalue weighted by atomic mass is 10.1. The van der Waals surface area contributed by atoms with Crippen molar-refractivity contribution < 1.29 is 14.1 Å². The Bertz CT molecular complexity index is 611. The predicted molar refractivity (Wildman–Crippen MR) is 126 cm³/mol. The van der Waals surface area contributed by atoms with Gasteiger partial charge in [0.25, 0.3) is 0 Å². The molecule has 0 fully saturated rings. The van der Waals surface area contributed by atoms with Gasteiger partial charge in [-0.05, 0) is 32.5 Å². The van der Waals surface area contributed by atoms with Crippen LogP contribution in [0.2, 0.25) is 0 Å². The Labute approximate surface area is 185 Å². The van der Waals surface area contributed by atoms with E-state index in [1.54, 1.807) is 0 Å².